The fourth-order valence-corrected chi connectivity index (χ4v) is 2.80. The van der Waals surface area contributed by atoms with Gasteiger partial charge in [0.2, 0.25) is 0 Å². The maximum atomic E-state index is 13.8. The van der Waals surface area contributed by atoms with E-state index in [1.165, 1.54) is 11.6 Å². The molecule has 0 radical (unpaired) electrons. The maximum Gasteiger partial charge on any atom is 0.148 e. The summed E-state index contributed by atoms with van der Waals surface area (Å²) in [6.45, 7) is 0.906. The first-order chi connectivity index (χ1) is 8.81. The second kappa shape index (κ2) is 4.65. The second-order valence-corrected chi connectivity index (χ2v) is 5.11. The average Bonchev–Trinajstić information content (AvgIpc) is 2.94. The standard InChI is InChI=1S/C13H14FN3S/c1-18-8-11-9-6-7-15-13(9)17(16-11)12-5-3-2-4-10(12)14/h2-5,15H,6-8H2,1H3. The van der Waals surface area contributed by atoms with Crippen molar-refractivity contribution in [2.75, 3.05) is 18.1 Å². The minimum Gasteiger partial charge on any atom is -0.369 e. The van der Waals surface area contributed by atoms with E-state index in [0.717, 1.165) is 30.2 Å². The zero-order valence-electron chi connectivity index (χ0n) is 10.1. The zero-order valence-corrected chi connectivity index (χ0v) is 10.9. The van der Waals surface area contributed by atoms with Crippen LogP contribution in [-0.2, 0) is 12.2 Å². The van der Waals surface area contributed by atoms with Gasteiger partial charge in [0, 0.05) is 17.9 Å². The lowest BCUT2D eigenvalue weighted by molar-refractivity contribution is 0.611. The minimum absolute atomic E-state index is 0.243. The fraction of sp³-hybridized carbons (Fsp3) is 0.308. The molecule has 0 amide bonds. The van der Waals surface area contributed by atoms with Crippen LogP contribution in [0.5, 0.6) is 0 Å². The third kappa shape index (κ3) is 1.79. The van der Waals surface area contributed by atoms with Crippen molar-refractivity contribution in [2.45, 2.75) is 12.2 Å². The Morgan fingerprint density at radius 1 is 1.44 bits per heavy atom. The van der Waals surface area contributed by atoms with Gasteiger partial charge in [0.15, 0.2) is 0 Å². The molecule has 1 aliphatic rings. The van der Waals surface area contributed by atoms with Crippen molar-refractivity contribution in [2.24, 2.45) is 0 Å². The van der Waals surface area contributed by atoms with Gasteiger partial charge in [0.05, 0.1) is 5.69 Å². The van der Waals surface area contributed by atoms with E-state index in [-0.39, 0.29) is 5.82 Å². The quantitative estimate of drug-likeness (QED) is 0.923. The van der Waals surface area contributed by atoms with Crippen LogP contribution in [0.2, 0.25) is 0 Å². The van der Waals surface area contributed by atoms with Gasteiger partial charge in [-0.15, -0.1) is 0 Å². The summed E-state index contributed by atoms with van der Waals surface area (Å²) in [5, 5.41) is 7.84. The molecule has 5 heteroatoms. The number of thioether (sulfide) groups is 1. The van der Waals surface area contributed by atoms with Gasteiger partial charge in [-0.25, -0.2) is 9.07 Å². The Bertz CT molecular complexity index is 580. The Balaban J connectivity index is 2.13. The molecule has 0 saturated carbocycles. The second-order valence-electron chi connectivity index (χ2n) is 4.25. The highest BCUT2D eigenvalue weighted by Crippen LogP contribution is 2.30. The van der Waals surface area contributed by atoms with Gasteiger partial charge in [0.25, 0.3) is 0 Å². The van der Waals surface area contributed by atoms with E-state index in [1.807, 2.05) is 6.07 Å². The number of benzene rings is 1. The Morgan fingerprint density at radius 3 is 3.06 bits per heavy atom. The molecule has 0 saturated heterocycles. The Kier molecular flexibility index (Phi) is 2.99. The molecule has 1 aromatic heterocycles. The van der Waals surface area contributed by atoms with Crippen LogP contribution >= 0.6 is 11.8 Å². The first-order valence-electron chi connectivity index (χ1n) is 5.89. The molecule has 0 atom stereocenters. The number of aromatic nitrogens is 2. The number of fused-ring (bicyclic) bond motifs is 1. The lowest BCUT2D eigenvalue weighted by Crippen LogP contribution is -2.06. The summed E-state index contributed by atoms with van der Waals surface area (Å²) in [4.78, 5) is 0. The minimum atomic E-state index is -0.243. The molecule has 1 N–H and O–H groups in total. The molecule has 18 heavy (non-hydrogen) atoms. The number of hydrogen-bond donors (Lipinski definition) is 1. The highest BCUT2D eigenvalue weighted by Gasteiger charge is 2.23. The Hall–Kier alpha value is -1.49. The summed E-state index contributed by atoms with van der Waals surface area (Å²) >= 11 is 1.74. The van der Waals surface area contributed by atoms with Crippen molar-refractivity contribution in [3.05, 3.63) is 41.3 Å². The van der Waals surface area contributed by atoms with Gasteiger partial charge >= 0.3 is 0 Å². The summed E-state index contributed by atoms with van der Waals surface area (Å²) in [5.41, 5.74) is 2.80. The molecular formula is C13H14FN3S. The molecule has 94 valence electrons. The van der Waals surface area contributed by atoms with Crippen LogP contribution in [0, 0.1) is 5.82 Å². The molecule has 2 heterocycles. The van der Waals surface area contributed by atoms with Gasteiger partial charge in [-0.1, -0.05) is 12.1 Å². The van der Waals surface area contributed by atoms with Gasteiger partial charge in [0.1, 0.15) is 17.3 Å². The molecule has 0 aliphatic carbocycles. The predicted octanol–water partition coefficient (Wildman–Crippen LogP) is 2.84. The van der Waals surface area contributed by atoms with Crippen LogP contribution in [-0.4, -0.2) is 22.6 Å². The van der Waals surface area contributed by atoms with E-state index in [4.69, 9.17) is 0 Å². The average molecular weight is 263 g/mol. The number of anilines is 1. The summed E-state index contributed by atoms with van der Waals surface area (Å²) in [6, 6.07) is 6.74. The number of hydrogen-bond acceptors (Lipinski definition) is 3. The first-order valence-corrected chi connectivity index (χ1v) is 7.29. The summed E-state index contributed by atoms with van der Waals surface area (Å²) in [6.07, 6.45) is 3.02. The highest BCUT2D eigenvalue weighted by molar-refractivity contribution is 7.97. The van der Waals surface area contributed by atoms with E-state index < -0.39 is 0 Å². The molecular weight excluding hydrogens is 249 g/mol. The first kappa shape index (κ1) is 11.6. The van der Waals surface area contributed by atoms with E-state index in [9.17, 15) is 4.39 Å². The SMILES string of the molecule is CSCc1nn(-c2ccccc2F)c2c1CCN2. The van der Waals surface area contributed by atoms with Gasteiger partial charge in [-0.2, -0.15) is 16.9 Å². The van der Waals surface area contributed by atoms with Crippen molar-refractivity contribution in [3.8, 4) is 5.69 Å². The van der Waals surface area contributed by atoms with Crippen LogP contribution in [0.4, 0.5) is 10.2 Å². The molecule has 0 unspecified atom stereocenters. The molecule has 3 nitrogen and oxygen atoms in total. The smallest absolute Gasteiger partial charge is 0.148 e. The number of para-hydroxylation sites is 1. The summed E-state index contributed by atoms with van der Waals surface area (Å²) < 4.78 is 15.5. The van der Waals surface area contributed by atoms with Crippen molar-refractivity contribution in [3.63, 3.8) is 0 Å². The lowest BCUT2D eigenvalue weighted by Gasteiger charge is -2.07. The normalized spacial score (nSPS) is 13.4. The predicted molar refractivity (Wildman–Crippen MR) is 72.9 cm³/mol. The van der Waals surface area contributed by atoms with E-state index in [2.05, 4.69) is 16.7 Å². The zero-order chi connectivity index (χ0) is 12.5. The summed E-state index contributed by atoms with van der Waals surface area (Å²) in [7, 11) is 0. The molecule has 1 aromatic carbocycles. The largest absolute Gasteiger partial charge is 0.369 e. The molecule has 1 aliphatic heterocycles. The Morgan fingerprint density at radius 2 is 2.28 bits per heavy atom. The summed E-state index contributed by atoms with van der Waals surface area (Å²) in [5.74, 6) is 1.57. The molecule has 0 spiro atoms. The molecule has 2 aromatic rings. The third-order valence-corrected chi connectivity index (χ3v) is 3.66. The van der Waals surface area contributed by atoms with Gasteiger partial charge in [-0.3, -0.25) is 0 Å². The number of nitrogens with one attached hydrogen (secondary N) is 1. The lowest BCUT2D eigenvalue weighted by atomic mass is 10.2. The topological polar surface area (TPSA) is 29.9 Å². The van der Waals surface area contributed by atoms with Crippen LogP contribution in [0.3, 0.4) is 0 Å². The van der Waals surface area contributed by atoms with Crippen molar-refractivity contribution in [1.82, 2.24) is 9.78 Å². The van der Waals surface area contributed by atoms with E-state index >= 15 is 0 Å². The number of nitrogens with zero attached hydrogens (tertiary/aromatic N) is 2. The molecule has 0 fully saturated rings. The number of rotatable bonds is 3. The van der Waals surface area contributed by atoms with Crippen molar-refractivity contribution >= 4 is 17.6 Å². The van der Waals surface area contributed by atoms with Gasteiger partial charge < -0.3 is 5.32 Å². The van der Waals surface area contributed by atoms with Crippen LogP contribution in [0.25, 0.3) is 5.69 Å². The van der Waals surface area contributed by atoms with Crippen molar-refractivity contribution in [1.29, 1.82) is 0 Å². The van der Waals surface area contributed by atoms with Crippen LogP contribution in [0.1, 0.15) is 11.3 Å². The fourth-order valence-electron chi connectivity index (χ4n) is 2.30. The van der Waals surface area contributed by atoms with E-state index in [0.29, 0.717) is 5.69 Å². The third-order valence-electron chi connectivity index (χ3n) is 3.10. The monoisotopic (exact) mass is 263 g/mol. The van der Waals surface area contributed by atoms with Gasteiger partial charge in [-0.05, 0) is 24.8 Å². The van der Waals surface area contributed by atoms with E-state index in [1.54, 1.807) is 28.6 Å². The molecule has 0 bridgehead atoms. The molecule has 3 rings (SSSR count). The maximum absolute atomic E-state index is 13.8. The number of halogens is 1. The van der Waals surface area contributed by atoms with Crippen molar-refractivity contribution < 1.29 is 4.39 Å². The van der Waals surface area contributed by atoms with Crippen LogP contribution in [0.15, 0.2) is 24.3 Å². The Labute approximate surface area is 109 Å². The highest BCUT2D eigenvalue weighted by atomic mass is 32.2. The van der Waals surface area contributed by atoms with Crippen LogP contribution < -0.4 is 5.32 Å².